The van der Waals surface area contributed by atoms with Gasteiger partial charge < -0.3 is 5.32 Å². The molecule has 158 valence electrons. The number of nitrogens with one attached hydrogen (secondary N) is 1. The van der Waals surface area contributed by atoms with Crippen LogP contribution in [0, 0.1) is 11.8 Å². The standard InChI is InChI=1S/C22H19F2N5OS/c1-11-8-14(11)21(30)26-22-18(16-4-3-5-17(25-16)20(23)24)19(28-31-22)12-6-7-15-13(9-12)10-29(2)27-15/h3-7,9-11,14,20H,8H2,1-2H3,(H,26,30)/t11-,14-/m1/s1. The van der Waals surface area contributed by atoms with Gasteiger partial charge in [-0.1, -0.05) is 19.1 Å². The third-order valence-electron chi connectivity index (χ3n) is 5.52. The Morgan fingerprint density at radius 3 is 2.84 bits per heavy atom. The molecule has 0 spiro atoms. The molecule has 1 aliphatic carbocycles. The van der Waals surface area contributed by atoms with Crippen LogP contribution in [0.1, 0.15) is 25.5 Å². The zero-order valence-corrected chi connectivity index (χ0v) is 17.7. The van der Waals surface area contributed by atoms with Crippen molar-refractivity contribution in [3.63, 3.8) is 0 Å². The second kappa shape index (κ2) is 7.49. The Morgan fingerprint density at radius 2 is 2.10 bits per heavy atom. The molecule has 0 aliphatic heterocycles. The number of rotatable bonds is 5. The summed E-state index contributed by atoms with van der Waals surface area (Å²) in [5.41, 5.74) is 2.83. The molecule has 0 unspecified atom stereocenters. The molecular formula is C22H19F2N5OS. The third kappa shape index (κ3) is 3.69. The molecule has 0 radical (unpaired) electrons. The van der Waals surface area contributed by atoms with E-state index in [-0.39, 0.29) is 17.5 Å². The Hall–Kier alpha value is -3.20. The number of hydrogen-bond acceptors (Lipinski definition) is 5. The Kier molecular flexibility index (Phi) is 4.77. The Balaban J connectivity index is 1.63. The lowest BCUT2D eigenvalue weighted by Crippen LogP contribution is -2.14. The fraction of sp³-hybridized carbons (Fsp3) is 0.273. The van der Waals surface area contributed by atoms with E-state index >= 15 is 0 Å². The minimum absolute atomic E-state index is 0.0227. The van der Waals surface area contributed by atoms with Gasteiger partial charge in [-0.05, 0) is 48.1 Å². The average Bonchev–Trinajstić information content (AvgIpc) is 3.16. The number of alkyl halides is 2. The van der Waals surface area contributed by atoms with Crippen LogP contribution in [0.2, 0.25) is 0 Å². The number of benzene rings is 1. The van der Waals surface area contributed by atoms with Crippen molar-refractivity contribution >= 4 is 33.3 Å². The van der Waals surface area contributed by atoms with Crippen LogP contribution in [0.15, 0.2) is 42.6 Å². The Morgan fingerprint density at radius 1 is 1.29 bits per heavy atom. The van der Waals surface area contributed by atoms with Gasteiger partial charge in [0.25, 0.3) is 6.43 Å². The van der Waals surface area contributed by atoms with Crippen LogP contribution < -0.4 is 5.32 Å². The molecule has 3 heterocycles. The smallest absolute Gasteiger partial charge is 0.280 e. The molecule has 9 heteroatoms. The second-order valence-corrected chi connectivity index (χ2v) is 8.64. The number of halogens is 2. The first-order chi connectivity index (χ1) is 14.9. The molecule has 31 heavy (non-hydrogen) atoms. The van der Waals surface area contributed by atoms with Crippen molar-refractivity contribution in [2.75, 3.05) is 5.32 Å². The lowest BCUT2D eigenvalue weighted by molar-refractivity contribution is -0.117. The lowest BCUT2D eigenvalue weighted by Gasteiger charge is -2.09. The van der Waals surface area contributed by atoms with Crippen LogP contribution in [0.3, 0.4) is 0 Å². The van der Waals surface area contributed by atoms with Crippen LogP contribution in [0.5, 0.6) is 0 Å². The first-order valence-corrected chi connectivity index (χ1v) is 10.7. The minimum Gasteiger partial charge on any atom is -0.316 e. The van der Waals surface area contributed by atoms with Gasteiger partial charge in [0.05, 0.1) is 22.5 Å². The van der Waals surface area contributed by atoms with Gasteiger partial charge in [0.2, 0.25) is 5.91 Å². The highest BCUT2D eigenvalue weighted by molar-refractivity contribution is 7.11. The number of carbonyl (C=O) groups is 1. The van der Waals surface area contributed by atoms with Gasteiger partial charge in [0, 0.05) is 30.1 Å². The Labute approximate surface area is 181 Å². The van der Waals surface area contributed by atoms with Crippen molar-refractivity contribution in [1.82, 2.24) is 19.1 Å². The van der Waals surface area contributed by atoms with E-state index in [0.717, 1.165) is 34.4 Å². The van der Waals surface area contributed by atoms with Gasteiger partial charge in [-0.25, -0.2) is 13.8 Å². The van der Waals surface area contributed by atoms with Crippen molar-refractivity contribution in [2.45, 2.75) is 19.8 Å². The molecule has 0 saturated heterocycles. The largest absolute Gasteiger partial charge is 0.316 e. The number of amides is 1. The summed E-state index contributed by atoms with van der Waals surface area (Å²) >= 11 is 1.14. The van der Waals surface area contributed by atoms with Crippen molar-refractivity contribution in [3.05, 3.63) is 48.3 Å². The van der Waals surface area contributed by atoms with Crippen molar-refractivity contribution in [3.8, 4) is 22.5 Å². The van der Waals surface area contributed by atoms with Crippen molar-refractivity contribution in [1.29, 1.82) is 0 Å². The molecule has 1 N–H and O–H groups in total. The zero-order chi connectivity index (χ0) is 21.7. The van der Waals surface area contributed by atoms with Gasteiger partial charge >= 0.3 is 0 Å². The summed E-state index contributed by atoms with van der Waals surface area (Å²) in [4.78, 5) is 16.7. The topological polar surface area (TPSA) is 72.7 Å². The van der Waals surface area contributed by atoms with Crippen molar-refractivity contribution < 1.29 is 13.6 Å². The van der Waals surface area contributed by atoms with E-state index in [1.165, 1.54) is 6.07 Å². The van der Waals surface area contributed by atoms with E-state index in [1.807, 2.05) is 38.4 Å². The molecule has 3 aromatic heterocycles. The van der Waals surface area contributed by atoms with Gasteiger partial charge in [-0.2, -0.15) is 9.47 Å². The summed E-state index contributed by atoms with van der Waals surface area (Å²) in [5, 5.41) is 8.79. The predicted octanol–water partition coefficient (Wildman–Crippen LogP) is 5.29. The van der Waals surface area contributed by atoms with Crippen LogP contribution in [0.25, 0.3) is 33.4 Å². The highest BCUT2D eigenvalue weighted by atomic mass is 32.1. The molecule has 6 nitrogen and oxygen atoms in total. The molecule has 0 bridgehead atoms. The van der Waals surface area contributed by atoms with Crippen LogP contribution in [-0.4, -0.2) is 25.0 Å². The zero-order valence-electron chi connectivity index (χ0n) is 16.8. The van der Waals surface area contributed by atoms with Gasteiger partial charge in [-0.3, -0.25) is 9.48 Å². The summed E-state index contributed by atoms with van der Waals surface area (Å²) < 4.78 is 32.9. The van der Waals surface area contributed by atoms with Gasteiger partial charge in [0.1, 0.15) is 10.7 Å². The molecule has 5 rings (SSSR count). The number of nitrogens with zero attached hydrogens (tertiary/aromatic N) is 4. The molecule has 1 fully saturated rings. The monoisotopic (exact) mass is 439 g/mol. The highest BCUT2D eigenvalue weighted by Gasteiger charge is 2.39. The number of hydrogen-bond donors (Lipinski definition) is 1. The average molecular weight is 439 g/mol. The van der Waals surface area contributed by atoms with E-state index in [4.69, 9.17) is 0 Å². The minimum atomic E-state index is -2.69. The number of fused-ring (bicyclic) bond motifs is 1. The van der Waals surface area contributed by atoms with E-state index < -0.39 is 6.43 Å². The SMILES string of the molecule is C[C@@H]1C[C@H]1C(=O)Nc1snc(-c2ccc3nn(C)cc3c2)c1-c1cccc(C(F)F)n1. The number of anilines is 1. The quantitative estimate of drug-likeness (QED) is 0.459. The molecule has 1 aliphatic rings. The Bertz CT molecular complexity index is 1300. The van der Waals surface area contributed by atoms with Gasteiger partial charge in [0.15, 0.2) is 0 Å². The maximum atomic E-state index is 13.3. The third-order valence-corrected chi connectivity index (χ3v) is 6.28. The number of carbonyl (C=O) groups excluding carboxylic acids is 1. The molecule has 1 amide bonds. The van der Waals surface area contributed by atoms with Crippen molar-refractivity contribution in [2.24, 2.45) is 18.9 Å². The predicted molar refractivity (Wildman–Crippen MR) is 116 cm³/mol. The molecule has 2 atom stereocenters. The van der Waals surface area contributed by atoms with Crippen LogP contribution in [0.4, 0.5) is 13.8 Å². The number of aryl methyl sites for hydroxylation is 1. The fourth-order valence-electron chi connectivity index (χ4n) is 3.71. The number of aromatic nitrogens is 4. The first kappa shape index (κ1) is 19.7. The molecular weight excluding hydrogens is 420 g/mol. The normalized spacial score (nSPS) is 18.0. The van der Waals surface area contributed by atoms with E-state index in [2.05, 4.69) is 19.8 Å². The maximum absolute atomic E-state index is 13.3. The number of pyridine rings is 1. The second-order valence-electron chi connectivity index (χ2n) is 7.87. The summed E-state index contributed by atoms with van der Waals surface area (Å²) in [5.74, 6) is 0.256. The van der Waals surface area contributed by atoms with Crippen LogP contribution in [-0.2, 0) is 11.8 Å². The summed E-state index contributed by atoms with van der Waals surface area (Å²) in [6.07, 6.45) is 0.0634. The molecule has 1 saturated carbocycles. The summed E-state index contributed by atoms with van der Waals surface area (Å²) in [6.45, 7) is 2.03. The highest BCUT2D eigenvalue weighted by Crippen LogP contribution is 2.43. The van der Waals surface area contributed by atoms with E-state index in [9.17, 15) is 13.6 Å². The first-order valence-electron chi connectivity index (χ1n) is 9.90. The van der Waals surface area contributed by atoms with E-state index in [1.54, 1.807) is 16.8 Å². The molecule has 4 aromatic rings. The summed E-state index contributed by atoms with van der Waals surface area (Å²) in [7, 11) is 1.85. The molecule has 1 aromatic carbocycles. The summed E-state index contributed by atoms with van der Waals surface area (Å²) in [6, 6.07) is 10.2. The van der Waals surface area contributed by atoms with E-state index in [0.29, 0.717) is 27.9 Å². The van der Waals surface area contributed by atoms with Crippen LogP contribution >= 0.6 is 11.5 Å². The lowest BCUT2D eigenvalue weighted by atomic mass is 10.0. The fourth-order valence-corrected chi connectivity index (χ4v) is 4.53. The maximum Gasteiger partial charge on any atom is 0.280 e. The van der Waals surface area contributed by atoms with Gasteiger partial charge in [-0.15, -0.1) is 0 Å².